The number of hydrogen-bond acceptors (Lipinski definition) is 3. The van der Waals surface area contributed by atoms with Crippen LogP contribution < -0.4 is 5.32 Å². The Kier molecular flexibility index (Phi) is 4.48. The van der Waals surface area contributed by atoms with E-state index in [1.54, 1.807) is 0 Å². The number of hydrogen-bond donors (Lipinski definition) is 2. The molecule has 0 spiro atoms. The highest BCUT2D eigenvalue weighted by atomic mass is 16.4. The van der Waals surface area contributed by atoms with Gasteiger partial charge in [-0.2, -0.15) is 0 Å². The molecule has 1 amide bonds. The summed E-state index contributed by atoms with van der Waals surface area (Å²) in [6.45, 7) is 0.616. The van der Waals surface area contributed by atoms with Crippen LogP contribution in [0.5, 0.6) is 0 Å². The zero-order valence-electron chi connectivity index (χ0n) is 12.3. The molecule has 0 aliphatic heterocycles. The average Bonchev–Trinajstić information content (AvgIpc) is 2.36. The van der Waals surface area contributed by atoms with Gasteiger partial charge in [0, 0.05) is 12.1 Å². The van der Waals surface area contributed by atoms with Crippen molar-refractivity contribution >= 4 is 11.9 Å². The highest BCUT2D eigenvalue weighted by Gasteiger charge is 2.40. The van der Waals surface area contributed by atoms with Gasteiger partial charge < -0.3 is 15.3 Å². The Labute approximate surface area is 120 Å². The first-order valence-corrected chi connectivity index (χ1v) is 7.29. The summed E-state index contributed by atoms with van der Waals surface area (Å²) in [5.74, 6) is -2.01. The highest BCUT2D eigenvalue weighted by Crippen LogP contribution is 2.35. The lowest BCUT2D eigenvalue weighted by atomic mass is 9.75. The summed E-state index contributed by atoms with van der Waals surface area (Å²) in [6.07, 6.45) is 8.12. The molecule has 1 fully saturated rings. The second kappa shape index (κ2) is 5.95. The van der Waals surface area contributed by atoms with Gasteiger partial charge in [-0.05, 0) is 46.2 Å². The minimum atomic E-state index is -0.875. The van der Waals surface area contributed by atoms with Gasteiger partial charge in [0.15, 0.2) is 0 Å². The third-order valence-electron chi connectivity index (χ3n) is 4.91. The largest absolute Gasteiger partial charge is 0.481 e. The number of nitrogens with zero attached hydrogens (tertiary/aromatic N) is 1. The lowest BCUT2D eigenvalue weighted by molar-refractivity contribution is -0.147. The van der Waals surface area contributed by atoms with Crippen LogP contribution in [-0.2, 0) is 9.59 Å². The standard InChI is InChI=1S/C15H24N2O3/c1-17(2)15(8-5-9-15)10-16-13(18)11-6-3-4-7-12(11)14(19)20/h3-4,11-12H,5-10H2,1-2H3,(H,16,18)(H,19,20)/t11-,12+/m1/s1. The van der Waals surface area contributed by atoms with Crippen molar-refractivity contribution in [2.75, 3.05) is 20.6 Å². The van der Waals surface area contributed by atoms with E-state index in [0.717, 1.165) is 12.8 Å². The molecule has 2 aliphatic rings. The van der Waals surface area contributed by atoms with Gasteiger partial charge in [0.25, 0.3) is 0 Å². The van der Waals surface area contributed by atoms with Crippen LogP contribution in [0.3, 0.4) is 0 Å². The van der Waals surface area contributed by atoms with Gasteiger partial charge in [-0.3, -0.25) is 9.59 Å². The second-order valence-electron chi connectivity index (χ2n) is 6.18. The fourth-order valence-corrected chi connectivity index (χ4v) is 3.13. The van der Waals surface area contributed by atoms with Crippen molar-refractivity contribution in [3.8, 4) is 0 Å². The van der Waals surface area contributed by atoms with Crippen LogP contribution >= 0.6 is 0 Å². The summed E-state index contributed by atoms with van der Waals surface area (Å²) in [5, 5.41) is 12.2. The van der Waals surface area contributed by atoms with E-state index in [1.807, 2.05) is 26.2 Å². The van der Waals surface area contributed by atoms with E-state index < -0.39 is 17.8 Å². The number of carbonyl (C=O) groups excluding carboxylic acids is 1. The van der Waals surface area contributed by atoms with E-state index in [4.69, 9.17) is 0 Å². The molecule has 0 aromatic heterocycles. The van der Waals surface area contributed by atoms with Gasteiger partial charge in [0.05, 0.1) is 11.8 Å². The number of rotatable bonds is 5. The third kappa shape index (κ3) is 2.87. The SMILES string of the molecule is CN(C)C1(CNC(=O)[C@@H]2CC=CC[C@@H]2C(=O)O)CCC1. The first-order valence-electron chi connectivity index (χ1n) is 7.29. The van der Waals surface area contributed by atoms with Crippen molar-refractivity contribution in [1.82, 2.24) is 10.2 Å². The normalized spacial score (nSPS) is 27.9. The topological polar surface area (TPSA) is 69.6 Å². The van der Waals surface area contributed by atoms with E-state index in [-0.39, 0.29) is 11.4 Å². The zero-order valence-corrected chi connectivity index (χ0v) is 12.3. The molecule has 2 atom stereocenters. The highest BCUT2D eigenvalue weighted by molar-refractivity contribution is 5.85. The fourth-order valence-electron chi connectivity index (χ4n) is 3.13. The van der Waals surface area contributed by atoms with Crippen molar-refractivity contribution in [3.63, 3.8) is 0 Å². The van der Waals surface area contributed by atoms with Crippen molar-refractivity contribution in [1.29, 1.82) is 0 Å². The summed E-state index contributed by atoms with van der Waals surface area (Å²) in [4.78, 5) is 25.7. The molecule has 1 saturated carbocycles. The maximum atomic E-state index is 12.3. The monoisotopic (exact) mass is 280 g/mol. The van der Waals surface area contributed by atoms with E-state index in [1.165, 1.54) is 6.42 Å². The molecule has 0 heterocycles. The van der Waals surface area contributed by atoms with Gasteiger partial charge in [-0.25, -0.2) is 0 Å². The first-order chi connectivity index (χ1) is 9.46. The molecule has 20 heavy (non-hydrogen) atoms. The van der Waals surface area contributed by atoms with Crippen LogP contribution in [0.1, 0.15) is 32.1 Å². The Bertz CT molecular complexity index is 413. The minimum Gasteiger partial charge on any atom is -0.481 e. The molecular weight excluding hydrogens is 256 g/mol. The summed E-state index contributed by atoms with van der Waals surface area (Å²) in [5.41, 5.74) is 0.0683. The van der Waals surface area contributed by atoms with Crippen molar-refractivity contribution < 1.29 is 14.7 Å². The summed E-state index contributed by atoms with van der Waals surface area (Å²) in [6, 6.07) is 0. The number of amides is 1. The van der Waals surface area contributed by atoms with Gasteiger partial charge >= 0.3 is 5.97 Å². The maximum Gasteiger partial charge on any atom is 0.307 e. The van der Waals surface area contributed by atoms with Crippen LogP contribution in [0.25, 0.3) is 0 Å². The summed E-state index contributed by atoms with van der Waals surface area (Å²) in [7, 11) is 4.07. The lowest BCUT2D eigenvalue weighted by Gasteiger charge is -2.47. The maximum absolute atomic E-state index is 12.3. The summed E-state index contributed by atoms with van der Waals surface area (Å²) >= 11 is 0. The van der Waals surface area contributed by atoms with E-state index in [0.29, 0.717) is 19.4 Å². The molecule has 2 N–H and O–H groups in total. The second-order valence-corrected chi connectivity index (χ2v) is 6.18. The number of carboxylic acids is 1. The fraction of sp³-hybridized carbons (Fsp3) is 0.733. The predicted molar refractivity (Wildman–Crippen MR) is 76.3 cm³/mol. The van der Waals surface area contributed by atoms with Crippen molar-refractivity contribution in [2.24, 2.45) is 11.8 Å². The Morgan fingerprint density at radius 3 is 2.30 bits per heavy atom. The number of likely N-dealkylation sites (N-methyl/N-ethyl adjacent to an activating group) is 1. The lowest BCUT2D eigenvalue weighted by Crippen LogP contribution is -2.58. The van der Waals surface area contributed by atoms with Crippen molar-refractivity contribution in [3.05, 3.63) is 12.2 Å². The van der Waals surface area contributed by atoms with Crippen LogP contribution in [-0.4, -0.2) is 48.1 Å². The Morgan fingerprint density at radius 2 is 1.85 bits per heavy atom. The van der Waals surface area contributed by atoms with Crippen LogP contribution in [0.4, 0.5) is 0 Å². The van der Waals surface area contributed by atoms with E-state index >= 15 is 0 Å². The quantitative estimate of drug-likeness (QED) is 0.744. The molecular formula is C15H24N2O3. The number of carboxylic acid groups (broad SMARTS) is 1. The molecule has 112 valence electrons. The zero-order chi connectivity index (χ0) is 14.8. The Morgan fingerprint density at radius 1 is 1.25 bits per heavy atom. The molecule has 2 rings (SSSR count). The molecule has 0 bridgehead atoms. The molecule has 0 aromatic rings. The smallest absolute Gasteiger partial charge is 0.307 e. The Hall–Kier alpha value is -1.36. The van der Waals surface area contributed by atoms with Gasteiger partial charge in [0.1, 0.15) is 0 Å². The average molecular weight is 280 g/mol. The molecule has 2 aliphatic carbocycles. The third-order valence-corrected chi connectivity index (χ3v) is 4.91. The first kappa shape index (κ1) is 15.0. The predicted octanol–water partition coefficient (Wildman–Crippen LogP) is 1.25. The van der Waals surface area contributed by atoms with E-state index in [9.17, 15) is 14.7 Å². The molecule has 0 aromatic carbocycles. The van der Waals surface area contributed by atoms with Crippen LogP contribution in [0.15, 0.2) is 12.2 Å². The van der Waals surface area contributed by atoms with Gasteiger partial charge in [-0.1, -0.05) is 12.2 Å². The molecule has 0 unspecified atom stereocenters. The number of allylic oxidation sites excluding steroid dienone is 2. The Balaban J connectivity index is 1.94. The molecule has 5 nitrogen and oxygen atoms in total. The summed E-state index contributed by atoms with van der Waals surface area (Å²) < 4.78 is 0. The molecule has 5 heteroatoms. The van der Waals surface area contributed by atoms with Gasteiger partial charge in [0.2, 0.25) is 5.91 Å². The van der Waals surface area contributed by atoms with Crippen LogP contribution in [0.2, 0.25) is 0 Å². The van der Waals surface area contributed by atoms with Crippen LogP contribution in [0, 0.1) is 11.8 Å². The van der Waals surface area contributed by atoms with Crippen molar-refractivity contribution in [2.45, 2.75) is 37.6 Å². The molecule has 0 saturated heterocycles. The van der Waals surface area contributed by atoms with Gasteiger partial charge in [-0.15, -0.1) is 0 Å². The van der Waals surface area contributed by atoms with E-state index in [2.05, 4.69) is 10.2 Å². The minimum absolute atomic E-state index is 0.0683. The number of carbonyl (C=O) groups is 2. The molecule has 0 radical (unpaired) electrons. The number of nitrogens with one attached hydrogen (secondary N) is 1. The number of aliphatic carboxylic acids is 1.